The smallest absolute Gasteiger partial charge is 0.158 e. The van der Waals surface area contributed by atoms with Gasteiger partial charge in [0.05, 0.1) is 7.11 Å². The molecule has 1 N–H and O–H groups in total. The van der Waals surface area contributed by atoms with Crippen LogP contribution in [0.2, 0.25) is 0 Å². The van der Waals surface area contributed by atoms with Crippen molar-refractivity contribution in [3.8, 4) is 28.5 Å². The molecule has 4 rings (SSSR count). The number of aromatic amines is 1. The molecule has 1 aliphatic rings. The van der Waals surface area contributed by atoms with Gasteiger partial charge >= 0.3 is 0 Å². The average Bonchev–Trinajstić information content (AvgIpc) is 3.12. The first-order chi connectivity index (χ1) is 9.85. The molecular formula is C14H12N4O2. The summed E-state index contributed by atoms with van der Waals surface area (Å²) >= 11 is 0. The molecular weight excluding hydrogens is 256 g/mol. The maximum Gasteiger partial charge on any atom is 0.158 e. The van der Waals surface area contributed by atoms with Crippen LogP contribution in [0.25, 0.3) is 22.8 Å². The zero-order valence-corrected chi connectivity index (χ0v) is 10.9. The second-order valence-electron chi connectivity index (χ2n) is 4.70. The number of fused-ring (bicyclic) bond motifs is 3. The van der Waals surface area contributed by atoms with E-state index in [1.807, 2.05) is 24.3 Å². The molecule has 0 unspecified atom stereocenters. The first-order valence-electron chi connectivity index (χ1n) is 6.40. The Kier molecular flexibility index (Phi) is 2.35. The lowest BCUT2D eigenvalue weighted by Gasteiger charge is -2.05. The van der Waals surface area contributed by atoms with Crippen molar-refractivity contribution in [3.05, 3.63) is 35.7 Å². The number of imidazole rings is 1. The van der Waals surface area contributed by atoms with Gasteiger partial charge in [-0.1, -0.05) is 5.16 Å². The van der Waals surface area contributed by atoms with E-state index >= 15 is 0 Å². The monoisotopic (exact) mass is 268 g/mol. The lowest BCUT2D eigenvalue weighted by atomic mass is 10.0. The van der Waals surface area contributed by atoms with Gasteiger partial charge in [0.2, 0.25) is 0 Å². The number of benzene rings is 1. The number of rotatable bonds is 2. The molecule has 0 aliphatic heterocycles. The van der Waals surface area contributed by atoms with Crippen molar-refractivity contribution in [2.45, 2.75) is 12.8 Å². The standard InChI is InChI=1S/C14H12N4O2/c1-19-9-4-2-8(3-5-9)14-15-10-6-7-11-13(12(10)16-14)18-20-17-11/h2-5H,6-7H2,1H3,(H,15,16). The summed E-state index contributed by atoms with van der Waals surface area (Å²) in [6.45, 7) is 0. The van der Waals surface area contributed by atoms with E-state index in [0.29, 0.717) is 0 Å². The van der Waals surface area contributed by atoms with Crippen molar-refractivity contribution >= 4 is 0 Å². The number of methoxy groups -OCH3 is 1. The van der Waals surface area contributed by atoms with Gasteiger partial charge in [-0.15, -0.1) is 0 Å². The molecule has 0 bridgehead atoms. The Morgan fingerprint density at radius 3 is 2.75 bits per heavy atom. The molecule has 2 heterocycles. The van der Waals surface area contributed by atoms with E-state index in [-0.39, 0.29) is 0 Å². The van der Waals surface area contributed by atoms with Crippen LogP contribution in [0.3, 0.4) is 0 Å². The third kappa shape index (κ3) is 1.61. The van der Waals surface area contributed by atoms with Crippen molar-refractivity contribution < 1.29 is 9.37 Å². The van der Waals surface area contributed by atoms with Crippen molar-refractivity contribution in [3.63, 3.8) is 0 Å². The predicted octanol–water partition coefficient (Wildman–Crippen LogP) is 2.23. The summed E-state index contributed by atoms with van der Waals surface area (Å²) < 4.78 is 9.96. The van der Waals surface area contributed by atoms with Crippen LogP contribution in [0, 0.1) is 0 Å². The maximum absolute atomic E-state index is 5.16. The van der Waals surface area contributed by atoms with Gasteiger partial charge < -0.3 is 9.72 Å². The van der Waals surface area contributed by atoms with Crippen molar-refractivity contribution in [1.29, 1.82) is 0 Å². The third-order valence-corrected chi connectivity index (χ3v) is 3.53. The van der Waals surface area contributed by atoms with Gasteiger partial charge in [0.15, 0.2) is 5.69 Å². The Morgan fingerprint density at radius 1 is 1.10 bits per heavy atom. The molecule has 2 aromatic heterocycles. The molecule has 0 amide bonds. The molecule has 0 radical (unpaired) electrons. The van der Waals surface area contributed by atoms with Crippen molar-refractivity contribution in [2.24, 2.45) is 0 Å². The summed E-state index contributed by atoms with van der Waals surface area (Å²) in [6, 6.07) is 7.79. The largest absolute Gasteiger partial charge is 0.497 e. The number of hydrogen-bond acceptors (Lipinski definition) is 5. The van der Waals surface area contributed by atoms with Gasteiger partial charge in [-0.2, -0.15) is 0 Å². The predicted molar refractivity (Wildman–Crippen MR) is 71.3 cm³/mol. The third-order valence-electron chi connectivity index (χ3n) is 3.53. The second kappa shape index (κ2) is 4.19. The van der Waals surface area contributed by atoms with E-state index in [9.17, 15) is 0 Å². The number of aromatic nitrogens is 4. The average molecular weight is 268 g/mol. The van der Waals surface area contributed by atoms with E-state index in [2.05, 4.69) is 20.3 Å². The topological polar surface area (TPSA) is 76.8 Å². The van der Waals surface area contributed by atoms with Crippen LogP contribution in [-0.2, 0) is 12.8 Å². The highest BCUT2D eigenvalue weighted by Crippen LogP contribution is 2.31. The molecule has 20 heavy (non-hydrogen) atoms. The van der Waals surface area contributed by atoms with Crippen LogP contribution in [0.1, 0.15) is 11.4 Å². The highest BCUT2D eigenvalue weighted by Gasteiger charge is 2.25. The SMILES string of the molecule is COc1ccc(-c2nc3c([nH]2)CCc2nonc2-3)cc1. The summed E-state index contributed by atoms with van der Waals surface area (Å²) in [5.41, 5.74) is 4.57. The van der Waals surface area contributed by atoms with Crippen LogP contribution in [-0.4, -0.2) is 27.4 Å². The van der Waals surface area contributed by atoms with Crippen LogP contribution >= 0.6 is 0 Å². The molecule has 1 aliphatic carbocycles. The van der Waals surface area contributed by atoms with Gasteiger partial charge in [-0.05, 0) is 35.8 Å². The van der Waals surface area contributed by atoms with E-state index < -0.39 is 0 Å². The second-order valence-corrected chi connectivity index (χ2v) is 4.70. The molecule has 0 spiro atoms. The summed E-state index contributed by atoms with van der Waals surface area (Å²) in [6.07, 6.45) is 1.70. The Bertz CT molecular complexity index is 758. The quantitative estimate of drug-likeness (QED) is 0.771. The minimum Gasteiger partial charge on any atom is -0.497 e. The molecule has 6 heteroatoms. The lowest BCUT2D eigenvalue weighted by Crippen LogP contribution is -2.02. The molecule has 0 saturated carbocycles. The fourth-order valence-corrected chi connectivity index (χ4v) is 2.47. The number of H-pyrrole nitrogens is 1. The fraction of sp³-hybridized carbons (Fsp3) is 0.214. The molecule has 0 atom stereocenters. The zero-order chi connectivity index (χ0) is 13.5. The molecule has 3 aromatic rings. The minimum atomic E-state index is 0.752. The number of nitrogens with zero attached hydrogens (tertiary/aromatic N) is 3. The van der Waals surface area contributed by atoms with Crippen LogP contribution < -0.4 is 4.74 Å². The first kappa shape index (κ1) is 11.2. The number of nitrogens with one attached hydrogen (secondary N) is 1. The van der Waals surface area contributed by atoms with Crippen molar-refractivity contribution in [2.75, 3.05) is 7.11 Å². The first-order valence-corrected chi connectivity index (χ1v) is 6.40. The van der Waals surface area contributed by atoms with Crippen LogP contribution in [0.5, 0.6) is 5.75 Å². The summed E-state index contributed by atoms with van der Waals surface area (Å²) in [5, 5.41) is 7.85. The zero-order valence-electron chi connectivity index (χ0n) is 10.9. The summed E-state index contributed by atoms with van der Waals surface area (Å²) in [5.74, 6) is 1.65. The Morgan fingerprint density at radius 2 is 1.95 bits per heavy atom. The molecule has 100 valence electrons. The fourth-order valence-electron chi connectivity index (χ4n) is 2.47. The van der Waals surface area contributed by atoms with E-state index in [1.54, 1.807) is 7.11 Å². The maximum atomic E-state index is 5.16. The van der Waals surface area contributed by atoms with E-state index in [1.165, 1.54) is 0 Å². The number of hydrogen-bond donors (Lipinski definition) is 1. The minimum absolute atomic E-state index is 0.752. The van der Waals surface area contributed by atoms with Crippen LogP contribution in [0.15, 0.2) is 28.9 Å². The summed E-state index contributed by atoms with van der Waals surface area (Å²) in [7, 11) is 1.65. The van der Waals surface area contributed by atoms with Gasteiger partial charge in [-0.3, -0.25) is 0 Å². The number of ether oxygens (including phenoxy) is 1. The van der Waals surface area contributed by atoms with E-state index in [4.69, 9.17) is 9.37 Å². The Hall–Kier alpha value is -2.63. The van der Waals surface area contributed by atoms with Gasteiger partial charge in [0.1, 0.15) is 23.0 Å². The van der Waals surface area contributed by atoms with Crippen molar-refractivity contribution in [1.82, 2.24) is 20.3 Å². The molecule has 1 aromatic carbocycles. The summed E-state index contributed by atoms with van der Waals surface area (Å²) in [4.78, 5) is 7.99. The van der Waals surface area contributed by atoms with Crippen LogP contribution in [0.4, 0.5) is 0 Å². The molecule has 0 fully saturated rings. The Balaban J connectivity index is 1.78. The lowest BCUT2D eigenvalue weighted by molar-refractivity contribution is 0.304. The normalized spacial score (nSPS) is 12.8. The highest BCUT2D eigenvalue weighted by atomic mass is 16.6. The van der Waals surface area contributed by atoms with Gasteiger partial charge in [-0.25, -0.2) is 9.61 Å². The molecule has 6 nitrogen and oxygen atoms in total. The van der Waals surface area contributed by atoms with Gasteiger partial charge in [0.25, 0.3) is 0 Å². The highest BCUT2D eigenvalue weighted by molar-refractivity contribution is 5.68. The molecule has 0 saturated heterocycles. The number of aryl methyl sites for hydroxylation is 2. The van der Waals surface area contributed by atoms with Gasteiger partial charge in [0, 0.05) is 17.7 Å². The van der Waals surface area contributed by atoms with E-state index in [0.717, 1.165) is 52.8 Å². The Labute approximate surface area is 114 Å².